The molecule has 136 valence electrons. The Kier molecular flexibility index (Phi) is 5.01. The summed E-state index contributed by atoms with van der Waals surface area (Å²) in [5.74, 6) is 0.731. The monoisotopic (exact) mass is 373 g/mol. The number of nitrogens with one attached hydrogen (secondary N) is 1. The molecule has 1 aromatic carbocycles. The minimum atomic E-state index is 0.155. The summed E-state index contributed by atoms with van der Waals surface area (Å²) in [5, 5.41) is 8.99. The third-order valence-electron chi connectivity index (χ3n) is 4.63. The zero-order valence-electron chi connectivity index (χ0n) is 14.5. The molecule has 1 N–H and O–H groups in total. The minimum absolute atomic E-state index is 0.155. The molecule has 0 saturated carbocycles. The van der Waals surface area contributed by atoms with Crippen molar-refractivity contribution in [1.29, 1.82) is 0 Å². The zero-order valence-corrected chi connectivity index (χ0v) is 15.2. The molecule has 3 aromatic rings. The van der Waals surface area contributed by atoms with Gasteiger partial charge in [-0.05, 0) is 24.6 Å². The van der Waals surface area contributed by atoms with Gasteiger partial charge in [-0.3, -0.25) is 4.90 Å². The Morgan fingerprint density at radius 3 is 2.92 bits per heavy atom. The molecule has 2 aromatic heterocycles. The number of aromatic nitrogens is 3. The third-order valence-corrected chi connectivity index (χ3v) is 4.86. The van der Waals surface area contributed by atoms with Gasteiger partial charge in [0, 0.05) is 24.7 Å². The molecule has 7 nitrogen and oxygen atoms in total. The largest absolute Gasteiger partial charge is 0.379 e. The molecule has 26 heavy (non-hydrogen) atoms. The van der Waals surface area contributed by atoms with Crippen LogP contribution in [0.15, 0.2) is 35.1 Å². The van der Waals surface area contributed by atoms with E-state index in [4.69, 9.17) is 20.9 Å². The molecule has 0 aliphatic carbocycles. The number of hydrogen-bond donors (Lipinski definition) is 1. The van der Waals surface area contributed by atoms with Gasteiger partial charge < -0.3 is 14.6 Å². The molecule has 0 bridgehead atoms. The number of halogens is 1. The van der Waals surface area contributed by atoms with Gasteiger partial charge in [0.05, 0.1) is 24.9 Å². The van der Waals surface area contributed by atoms with Crippen molar-refractivity contribution in [3.8, 4) is 0 Å². The molecule has 0 spiro atoms. The smallest absolute Gasteiger partial charge is 0.263 e. The Morgan fingerprint density at radius 1 is 1.27 bits per heavy atom. The van der Waals surface area contributed by atoms with E-state index in [2.05, 4.69) is 31.4 Å². The molecule has 8 heteroatoms. The summed E-state index contributed by atoms with van der Waals surface area (Å²) in [7, 11) is 0. The summed E-state index contributed by atoms with van der Waals surface area (Å²) in [6.07, 6.45) is 1.48. The molecule has 1 fully saturated rings. The second-order valence-corrected chi connectivity index (χ2v) is 6.71. The van der Waals surface area contributed by atoms with Crippen LogP contribution < -0.4 is 5.32 Å². The van der Waals surface area contributed by atoms with Crippen LogP contribution >= 0.6 is 11.6 Å². The summed E-state index contributed by atoms with van der Waals surface area (Å²) < 4.78 is 10.7. The lowest BCUT2D eigenvalue weighted by Gasteiger charge is -2.35. The van der Waals surface area contributed by atoms with Gasteiger partial charge in [0.1, 0.15) is 17.5 Å². The fourth-order valence-corrected chi connectivity index (χ4v) is 3.51. The Morgan fingerprint density at radius 2 is 2.12 bits per heavy atom. The first-order valence-corrected chi connectivity index (χ1v) is 8.98. The number of anilines is 1. The summed E-state index contributed by atoms with van der Waals surface area (Å²) in [6.45, 7) is 5.79. The van der Waals surface area contributed by atoms with E-state index in [0.717, 1.165) is 48.2 Å². The standard InChI is InChI=1S/C18H20ClN5O2/c1-12-16-17(21-11-22-18(16)26-23-12)20-10-15(24-5-7-25-8-6-24)13-3-2-4-14(19)9-13/h2-4,9,11,15H,5-8,10H2,1H3,(H,20,21,22)/t15-/m0/s1. The molecular formula is C18H20ClN5O2. The number of rotatable bonds is 5. The first-order chi connectivity index (χ1) is 12.7. The summed E-state index contributed by atoms with van der Waals surface area (Å²) in [6, 6.07) is 8.15. The van der Waals surface area contributed by atoms with E-state index in [1.165, 1.54) is 11.9 Å². The van der Waals surface area contributed by atoms with Gasteiger partial charge >= 0.3 is 0 Å². The topological polar surface area (TPSA) is 76.3 Å². The van der Waals surface area contributed by atoms with Crippen LogP contribution in [0.5, 0.6) is 0 Å². The molecule has 1 aliphatic rings. The zero-order chi connectivity index (χ0) is 17.9. The number of nitrogens with zero attached hydrogens (tertiary/aromatic N) is 4. The van der Waals surface area contributed by atoms with Gasteiger partial charge in [-0.25, -0.2) is 4.98 Å². The SMILES string of the molecule is Cc1noc2ncnc(NC[C@@H](c3cccc(Cl)c3)N3CCOCC3)c12. The van der Waals surface area contributed by atoms with Crippen LogP contribution in [0.4, 0.5) is 5.82 Å². The molecule has 0 radical (unpaired) electrons. The highest BCUT2D eigenvalue weighted by Gasteiger charge is 2.23. The van der Waals surface area contributed by atoms with Crippen LogP contribution in [0.3, 0.4) is 0 Å². The number of ether oxygens (including phenoxy) is 1. The molecule has 1 saturated heterocycles. The van der Waals surface area contributed by atoms with Gasteiger partial charge in [-0.2, -0.15) is 4.98 Å². The number of aryl methyl sites for hydroxylation is 1. The van der Waals surface area contributed by atoms with E-state index in [0.29, 0.717) is 12.3 Å². The van der Waals surface area contributed by atoms with Crippen LogP contribution in [-0.2, 0) is 4.74 Å². The van der Waals surface area contributed by atoms with E-state index in [1.807, 2.05) is 25.1 Å². The quantitative estimate of drug-likeness (QED) is 0.736. The maximum Gasteiger partial charge on any atom is 0.263 e. The van der Waals surface area contributed by atoms with Crippen molar-refractivity contribution in [3.63, 3.8) is 0 Å². The van der Waals surface area contributed by atoms with Gasteiger partial charge in [0.25, 0.3) is 5.71 Å². The van der Waals surface area contributed by atoms with Crippen molar-refractivity contribution in [2.45, 2.75) is 13.0 Å². The molecule has 1 aliphatic heterocycles. The minimum Gasteiger partial charge on any atom is -0.379 e. The first-order valence-electron chi connectivity index (χ1n) is 8.60. The first kappa shape index (κ1) is 17.2. The number of benzene rings is 1. The number of hydrogen-bond acceptors (Lipinski definition) is 7. The van der Waals surface area contributed by atoms with Crippen LogP contribution in [0.1, 0.15) is 17.3 Å². The van der Waals surface area contributed by atoms with Gasteiger partial charge in [0.2, 0.25) is 0 Å². The molecule has 4 rings (SSSR count). The second kappa shape index (κ2) is 7.57. The fourth-order valence-electron chi connectivity index (χ4n) is 3.31. The summed E-state index contributed by atoms with van der Waals surface area (Å²) in [5.41, 5.74) is 2.43. The predicted octanol–water partition coefficient (Wildman–Crippen LogP) is 3.07. The van der Waals surface area contributed by atoms with Crippen molar-refractivity contribution in [1.82, 2.24) is 20.0 Å². The Labute approximate surface area is 156 Å². The molecule has 0 unspecified atom stereocenters. The van der Waals surface area contributed by atoms with E-state index in [9.17, 15) is 0 Å². The van der Waals surface area contributed by atoms with Crippen LogP contribution in [0.25, 0.3) is 11.1 Å². The maximum atomic E-state index is 6.22. The Bertz CT molecular complexity index is 894. The van der Waals surface area contributed by atoms with Gasteiger partial charge in [-0.15, -0.1) is 0 Å². The highest BCUT2D eigenvalue weighted by atomic mass is 35.5. The van der Waals surface area contributed by atoms with Gasteiger partial charge in [0.15, 0.2) is 0 Å². The van der Waals surface area contributed by atoms with Crippen molar-refractivity contribution < 1.29 is 9.26 Å². The van der Waals surface area contributed by atoms with E-state index in [-0.39, 0.29) is 6.04 Å². The molecule has 1 atom stereocenters. The molecule has 3 heterocycles. The highest BCUT2D eigenvalue weighted by Crippen LogP contribution is 2.27. The predicted molar refractivity (Wildman–Crippen MR) is 99.4 cm³/mol. The van der Waals surface area contributed by atoms with Crippen LogP contribution in [-0.4, -0.2) is 52.9 Å². The highest BCUT2D eigenvalue weighted by molar-refractivity contribution is 6.30. The van der Waals surface area contributed by atoms with E-state index < -0.39 is 0 Å². The molecular weight excluding hydrogens is 354 g/mol. The van der Waals surface area contributed by atoms with E-state index >= 15 is 0 Å². The lowest BCUT2D eigenvalue weighted by Crippen LogP contribution is -2.41. The number of morpholine rings is 1. The van der Waals surface area contributed by atoms with Gasteiger partial charge in [-0.1, -0.05) is 28.9 Å². The lowest BCUT2D eigenvalue weighted by atomic mass is 10.0. The van der Waals surface area contributed by atoms with Crippen molar-refractivity contribution >= 4 is 28.5 Å². The fraction of sp³-hybridized carbons (Fsp3) is 0.389. The lowest BCUT2D eigenvalue weighted by molar-refractivity contribution is 0.0187. The van der Waals surface area contributed by atoms with Crippen LogP contribution in [0, 0.1) is 6.92 Å². The van der Waals surface area contributed by atoms with Crippen molar-refractivity contribution in [2.24, 2.45) is 0 Å². The Hall–Kier alpha value is -2.22. The Balaban J connectivity index is 1.61. The third kappa shape index (κ3) is 3.51. The number of fused-ring (bicyclic) bond motifs is 1. The average molecular weight is 374 g/mol. The molecule has 0 amide bonds. The normalized spacial score (nSPS) is 16.7. The maximum absolute atomic E-state index is 6.22. The van der Waals surface area contributed by atoms with Crippen LogP contribution in [0.2, 0.25) is 5.02 Å². The second-order valence-electron chi connectivity index (χ2n) is 6.27. The van der Waals surface area contributed by atoms with Crippen molar-refractivity contribution in [3.05, 3.63) is 46.9 Å². The summed E-state index contributed by atoms with van der Waals surface area (Å²) >= 11 is 6.22. The van der Waals surface area contributed by atoms with Crippen molar-refractivity contribution in [2.75, 3.05) is 38.2 Å². The van der Waals surface area contributed by atoms with E-state index in [1.54, 1.807) is 0 Å². The average Bonchev–Trinajstić information content (AvgIpc) is 3.05. The summed E-state index contributed by atoms with van der Waals surface area (Å²) in [4.78, 5) is 10.9.